The number of hydrogen-bond donors (Lipinski definition) is 1. The Labute approximate surface area is 168 Å². The van der Waals surface area contributed by atoms with Crippen LogP contribution in [0.2, 0.25) is 0 Å². The molecule has 0 fully saturated rings. The maximum atomic E-state index is 13.6. The number of halogens is 1. The molecule has 1 aliphatic heterocycles. The highest BCUT2D eigenvalue weighted by atomic mass is 19.1. The monoisotopic (exact) mass is 394 g/mol. The first kappa shape index (κ1) is 19.3. The molecule has 29 heavy (non-hydrogen) atoms. The van der Waals surface area contributed by atoms with Crippen LogP contribution in [0.1, 0.15) is 46.6 Å². The van der Waals surface area contributed by atoms with Gasteiger partial charge in [0.15, 0.2) is 0 Å². The third-order valence-corrected chi connectivity index (χ3v) is 5.30. The first-order chi connectivity index (χ1) is 13.7. The van der Waals surface area contributed by atoms with Crippen molar-refractivity contribution >= 4 is 5.91 Å². The number of aryl methyl sites for hydroxylation is 1. The van der Waals surface area contributed by atoms with E-state index in [9.17, 15) is 14.3 Å². The van der Waals surface area contributed by atoms with Crippen molar-refractivity contribution in [1.29, 1.82) is 0 Å². The van der Waals surface area contributed by atoms with Gasteiger partial charge in [0, 0.05) is 18.7 Å². The molecule has 1 aromatic heterocycles. The summed E-state index contributed by atoms with van der Waals surface area (Å²) in [5, 5.41) is 18.2. The van der Waals surface area contributed by atoms with E-state index in [1.807, 2.05) is 13.0 Å². The van der Waals surface area contributed by atoms with E-state index < -0.39 is 5.60 Å². The smallest absolute Gasteiger partial charge is 0.254 e. The van der Waals surface area contributed by atoms with Gasteiger partial charge in [0.1, 0.15) is 17.1 Å². The standard InChI is InChI=1S/C22H23FN4O2/c1-14-9-17(23)10-15-7-8-26(12-19(14)15)21(28)16-5-4-6-18(11-16)27-13-20(24-25-27)22(2,3)29/h4-6,9-11,13,29H,7-8,12H2,1-3H3. The zero-order chi connectivity index (χ0) is 20.8. The van der Waals surface area contributed by atoms with Crippen molar-refractivity contribution in [3.05, 3.63) is 76.4 Å². The van der Waals surface area contributed by atoms with E-state index >= 15 is 0 Å². The van der Waals surface area contributed by atoms with Gasteiger partial charge in [0.05, 0.1) is 11.9 Å². The number of hydrogen-bond acceptors (Lipinski definition) is 4. The summed E-state index contributed by atoms with van der Waals surface area (Å²) in [6, 6.07) is 10.2. The Kier molecular flexibility index (Phi) is 4.70. The molecule has 6 nitrogen and oxygen atoms in total. The largest absolute Gasteiger partial charge is 0.384 e. The first-order valence-corrected chi connectivity index (χ1v) is 9.55. The number of rotatable bonds is 3. The normalized spacial score (nSPS) is 14.0. The predicted molar refractivity (Wildman–Crippen MR) is 106 cm³/mol. The van der Waals surface area contributed by atoms with Gasteiger partial charge in [-0.2, -0.15) is 0 Å². The fourth-order valence-electron chi connectivity index (χ4n) is 3.62. The second-order valence-corrected chi connectivity index (χ2v) is 7.99. The van der Waals surface area contributed by atoms with Crippen molar-refractivity contribution in [3.63, 3.8) is 0 Å². The van der Waals surface area contributed by atoms with Gasteiger partial charge in [0.2, 0.25) is 0 Å². The molecule has 1 amide bonds. The molecule has 2 aromatic carbocycles. The van der Waals surface area contributed by atoms with E-state index in [0.29, 0.717) is 36.5 Å². The van der Waals surface area contributed by atoms with Crippen LogP contribution in [0.4, 0.5) is 4.39 Å². The predicted octanol–water partition coefficient (Wildman–Crippen LogP) is 3.14. The number of aromatic nitrogens is 3. The molecule has 0 saturated heterocycles. The molecule has 2 heterocycles. The Morgan fingerprint density at radius 1 is 1.24 bits per heavy atom. The van der Waals surface area contributed by atoms with Crippen molar-refractivity contribution in [2.24, 2.45) is 0 Å². The SMILES string of the molecule is Cc1cc(F)cc2c1CN(C(=O)c1cccc(-n3cc(C(C)(C)O)nn3)c1)CC2. The zero-order valence-corrected chi connectivity index (χ0v) is 16.7. The van der Waals surface area contributed by atoms with Gasteiger partial charge in [-0.15, -0.1) is 5.10 Å². The van der Waals surface area contributed by atoms with Crippen LogP contribution in [0.15, 0.2) is 42.6 Å². The Bertz CT molecular complexity index is 1080. The highest BCUT2D eigenvalue weighted by Crippen LogP contribution is 2.25. The van der Waals surface area contributed by atoms with Crippen molar-refractivity contribution < 1.29 is 14.3 Å². The van der Waals surface area contributed by atoms with Gasteiger partial charge in [-0.1, -0.05) is 11.3 Å². The second kappa shape index (κ2) is 7.08. The Hall–Kier alpha value is -3.06. The van der Waals surface area contributed by atoms with E-state index in [0.717, 1.165) is 16.7 Å². The molecule has 0 saturated carbocycles. The number of nitrogens with zero attached hydrogens (tertiary/aromatic N) is 4. The Balaban J connectivity index is 1.59. The molecule has 1 N–H and O–H groups in total. The van der Waals surface area contributed by atoms with Gasteiger partial charge in [0.25, 0.3) is 5.91 Å². The quantitative estimate of drug-likeness (QED) is 0.741. The van der Waals surface area contributed by atoms with Gasteiger partial charge in [-0.3, -0.25) is 4.79 Å². The molecule has 7 heteroatoms. The molecular formula is C22H23FN4O2. The average Bonchev–Trinajstić information content (AvgIpc) is 3.18. The molecule has 0 unspecified atom stereocenters. The average molecular weight is 394 g/mol. The summed E-state index contributed by atoms with van der Waals surface area (Å²) in [7, 11) is 0. The van der Waals surface area contributed by atoms with E-state index in [2.05, 4.69) is 10.3 Å². The van der Waals surface area contributed by atoms with Crippen molar-refractivity contribution in [1.82, 2.24) is 19.9 Å². The lowest BCUT2D eigenvalue weighted by atomic mass is 9.95. The maximum Gasteiger partial charge on any atom is 0.254 e. The molecule has 0 radical (unpaired) electrons. The summed E-state index contributed by atoms with van der Waals surface area (Å²) in [5.74, 6) is -0.309. The lowest BCUT2D eigenvalue weighted by Crippen LogP contribution is -2.36. The van der Waals surface area contributed by atoms with E-state index in [4.69, 9.17) is 0 Å². The molecular weight excluding hydrogens is 371 g/mol. The van der Waals surface area contributed by atoms with Crippen LogP contribution in [0.3, 0.4) is 0 Å². The van der Waals surface area contributed by atoms with Gasteiger partial charge < -0.3 is 10.0 Å². The summed E-state index contributed by atoms with van der Waals surface area (Å²) in [5.41, 5.74) is 3.46. The molecule has 1 aliphatic rings. The number of fused-ring (bicyclic) bond motifs is 1. The highest BCUT2D eigenvalue weighted by Gasteiger charge is 2.24. The second-order valence-electron chi connectivity index (χ2n) is 7.99. The number of carbonyl (C=O) groups is 1. The van der Waals surface area contributed by atoms with Gasteiger partial charge in [-0.25, -0.2) is 9.07 Å². The van der Waals surface area contributed by atoms with E-state index in [-0.39, 0.29) is 11.7 Å². The van der Waals surface area contributed by atoms with Gasteiger partial charge in [-0.05, 0) is 74.2 Å². The fraction of sp³-hybridized carbons (Fsp3) is 0.318. The third-order valence-electron chi connectivity index (χ3n) is 5.30. The minimum Gasteiger partial charge on any atom is -0.384 e. The lowest BCUT2D eigenvalue weighted by molar-refractivity contribution is 0.0729. The van der Waals surface area contributed by atoms with Crippen LogP contribution in [0.25, 0.3) is 5.69 Å². The number of aliphatic hydroxyl groups is 1. The van der Waals surface area contributed by atoms with Crippen LogP contribution in [-0.4, -0.2) is 37.5 Å². The lowest BCUT2D eigenvalue weighted by Gasteiger charge is -2.30. The first-order valence-electron chi connectivity index (χ1n) is 9.55. The fourth-order valence-corrected chi connectivity index (χ4v) is 3.62. The van der Waals surface area contributed by atoms with E-state index in [1.165, 1.54) is 6.07 Å². The summed E-state index contributed by atoms with van der Waals surface area (Å²) >= 11 is 0. The van der Waals surface area contributed by atoms with Crippen molar-refractivity contribution in [2.45, 2.75) is 39.3 Å². The number of benzene rings is 2. The molecule has 0 aliphatic carbocycles. The topological polar surface area (TPSA) is 71.2 Å². The molecule has 0 bridgehead atoms. The minimum atomic E-state index is -1.09. The number of amides is 1. The maximum absolute atomic E-state index is 13.6. The Morgan fingerprint density at radius 3 is 2.76 bits per heavy atom. The Morgan fingerprint density at radius 2 is 2.03 bits per heavy atom. The molecule has 150 valence electrons. The van der Waals surface area contributed by atoms with Crippen molar-refractivity contribution in [3.8, 4) is 5.69 Å². The summed E-state index contributed by atoms with van der Waals surface area (Å²) in [4.78, 5) is 14.9. The number of carbonyl (C=O) groups excluding carboxylic acids is 1. The van der Waals surface area contributed by atoms with Gasteiger partial charge >= 0.3 is 0 Å². The molecule has 3 aromatic rings. The zero-order valence-electron chi connectivity index (χ0n) is 16.7. The van der Waals surface area contributed by atoms with Crippen molar-refractivity contribution in [2.75, 3.05) is 6.54 Å². The molecule has 0 spiro atoms. The van der Waals surface area contributed by atoms with Crippen LogP contribution in [0, 0.1) is 12.7 Å². The summed E-state index contributed by atoms with van der Waals surface area (Å²) in [6.07, 6.45) is 2.29. The van der Waals surface area contributed by atoms with Crippen LogP contribution < -0.4 is 0 Å². The summed E-state index contributed by atoms with van der Waals surface area (Å²) < 4.78 is 15.2. The van der Waals surface area contributed by atoms with Crippen LogP contribution in [0.5, 0.6) is 0 Å². The van der Waals surface area contributed by atoms with Crippen LogP contribution >= 0.6 is 0 Å². The van der Waals surface area contributed by atoms with E-state index in [1.54, 1.807) is 53.9 Å². The van der Waals surface area contributed by atoms with Crippen LogP contribution in [-0.2, 0) is 18.6 Å². The highest BCUT2D eigenvalue weighted by molar-refractivity contribution is 5.95. The molecule has 0 atom stereocenters. The molecule has 4 rings (SSSR count). The third kappa shape index (κ3) is 3.78. The minimum absolute atomic E-state index is 0.0796. The summed E-state index contributed by atoms with van der Waals surface area (Å²) in [6.45, 7) is 6.18.